The molecule has 2 rings (SSSR count). The molecule has 0 bridgehead atoms. The van der Waals surface area contributed by atoms with Crippen molar-refractivity contribution in [1.29, 1.82) is 5.26 Å². The van der Waals surface area contributed by atoms with Crippen LogP contribution in [0.15, 0.2) is 9.64 Å². The van der Waals surface area contributed by atoms with Crippen molar-refractivity contribution in [2.45, 2.75) is 43.5 Å². The van der Waals surface area contributed by atoms with Gasteiger partial charge < -0.3 is 4.42 Å². The number of nitriles is 1. The van der Waals surface area contributed by atoms with Crippen LogP contribution in [0.3, 0.4) is 0 Å². The monoisotopic (exact) mass is 238 g/mol. The number of aryl methyl sites for hydroxylation is 1. The first-order chi connectivity index (χ1) is 7.78. The van der Waals surface area contributed by atoms with Crippen molar-refractivity contribution in [3.8, 4) is 6.07 Å². The molecule has 1 unspecified atom stereocenters. The number of nitrogens with one attached hydrogen (secondary N) is 1. The molecular formula is C10H14N4OS. The minimum atomic E-state index is -0.0518. The Kier molecular flexibility index (Phi) is 3.80. The van der Waals surface area contributed by atoms with Crippen molar-refractivity contribution in [3.05, 3.63) is 5.89 Å². The van der Waals surface area contributed by atoms with Crippen LogP contribution >= 0.6 is 11.8 Å². The third-order valence-corrected chi connectivity index (χ3v) is 3.16. The molecule has 6 heteroatoms. The van der Waals surface area contributed by atoms with Crippen LogP contribution < -0.4 is 5.32 Å². The second-order valence-electron chi connectivity index (χ2n) is 3.85. The fourth-order valence-electron chi connectivity index (χ4n) is 1.32. The maximum Gasteiger partial charge on any atom is 0.276 e. The molecule has 0 aromatic carbocycles. The van der Waals surface area contributed by atoms with Crippen LogP contribution in [-0.2, 0) is 0 Å². The van der Waals surface area contributed by atoms with Gasteiger partial charge in [0.15, 0.2) is 0 Å². The Hall–Kier alpha value is -1.06. The van der Waals surface area contributed by atoms with E-state index in [4.69, 9.17) is 9.68 Å². The quantitative estimate of drug-likeness (QED) is 0.757. The number of thioether (sulfide) groups is 1. The zero-order valence-corrected chi connectivity index (χ0v) is 9.96. The van der Waals surface area contributed by atoms with Gasteiger partial charge in [0.1, 0.15) is 0 Å². The van der Waals surface area contributed by atoms with Crippen LogP contribution in [0.1, 0.15) is 25.2 Å². The zero-order valence-electron chi connectivity index (χ0n) is 9.14. The van der Waals surface area contributed by atoms with Gasteiger partial charge in [0.25, 0.3) is 5.22 Å². The highest BCUT2D eigenvalue weighted by molar-refractivity contribution is 7.99. The molecule has 1 atom stereocenters. The lowest BCUT2D eigenvalue weighted by Gasteiger charge is -2.08. The van der Waals surface area contributed by atoms with E-state index in [1.807, 2.05) is 0 Å². The highest BCUT2D eigenvalue weighted by Gasteiger charge is 2.24. The molecule has 5 nitrogen and oxygen atoms in total. The Morgan fingerprint density at radius 1 is 1.62 bits per heavy atom. The molecule has 1 heterocycles. The summed E-state index contributed by atoms with van der Waals surface area (Å²) in [5, 5.41) is 20.4. The summed E-state index contributed by atoms with van der Waals surface area (Å²) < 4.78 is 5.23. The first kappa shape index (κ1) is 11.4. The van der Waals surface area contributed by atoms with Gasteiger partial charge >= 0.3 is 0 Å². The Labute approximate surface area is 98.6 Å². The Morgan fingerprint density at radius 3 is 3.00 bits per heavy atom. The highest BCUT2D eigenvalue weighted by Crippen LogP contribution is 2.21. The summed E-state index contributed by atoms with van der Waals surface area (Å²) in [5.41, 5.74) is 0. The lowest BCUT2D eigenvalue weighted by molar-refractivity contribution is 0.429. The average Bonchev–Trinajstić information content (AvgIpc) is 3.00. The summed E-state index contributed by atoms with van der Waals surface area (Å²) in [5.74, 6) is 1.40. The molecule has 1 aromatic rings. The third kappa shape index (κ3) is 3.51. The van der Waals surface area contributed by atoms with Crippen LogP contribution in [0, 0.1) is 18.3 Å². The molecule has 1 aromatic heterocycles. The third-order valence-electron chi connectivity index (χ3n) is 2.31. The second kappa shape index (κ2) is 5.32. The van der Waals surface area contributed by atoms with Gasteiger partial charge in [-0.3, -0.25) is 5.32 Å². The largest absolute Gasteiger partial charge is 0.416 e. The Morgan fingerprint density at radius 2 is 2.44 bits per heavy atom. The first-order valence-corrected chi connectivity index (χ1v) is 6.35. The van der Waals surface area contributed by atoms with Gasteiger partial charge in [-0.15, -0.1) is 10.2 Å². The lowest BCUT2D eigenvalue weighted by atomic mass is 10.2. The van der Waals surface area contributed by atoms with Crippen molar-refractivity contribution in [1.82, 2.24) is 15.5 Å². The van der Waals surface area contributed by atoms with Crippen LogP contribution in [0.2, 0.25) is 0 Å². The molecule has 0 amide bonds. The standard InChI is InChI=1S/C10H14N4OS/c1-7-13-14-10(15-7)16-5-4-9(6-11)12-8-2-3-8/h8-9,12H,2-5H2,1H3. The molecular weight excluding hydrogens is 224 g/mol. The second-order valence-corrected chi connectivity index (χ2v) is 4.89. The van der Waals surface area contributed by atoms with E-state index < -0.39 is 0 Å². The fourth-order valence-corrected chi connectivity index (χ4v) is 2.13. The topological polar surface area (TPSA) is 74.7 Å². The smallest absolute Gasteiger partial charge is 0.276 e. The van der Waals surface area contributed by atoms with E-state index in [-0.39, 0.29) is 6.04 Å². The van der Waals surface area contributed by atoms with Gasteiger partial charge in [0.2, 0.25) is 5.89 Å². The number of hydrogen-bond donors (Lipinski definition) is 1. The molecule has 86 valence electrons. The fraction of sp³-hybridized carbons (Fsp3) is 0.700. The molecule has 16 heavy (non-hydrogen) atoms. The van der Waals surface area contributed by atoms with Crippen LogP contribution in [0.4, 0.5) is 0 Å². The minimum Gasteiger partial charge on any atom is -0.416 e. The zero-order chi connectivity index (χ0) is 11.4. The molecule has 0 saturated heterocycles. The lowest BCUT2D eigenvalue weighted by Crippen LogP contribution is -2.29. The SMILES string of the molecule is Cc1nnc(SCCC(C#N)NC2CC2)o1. The Balaban J connectivity index is 1.67. The maximum absolute atomic E-state index is 8.93. The van der Waals surface area contributed by atoms with Crippen LogP contribution in [-0.4, -0.2) is 28.0 Å². The predicted molar refractivity (Wildman–Crippen MR) is 59.9 cm³/mol. The van der Waals surface area contributed by atoms with Crippen LogP contribution in [0.5, 0.6) is 0 Å². The molecule has 0 aliphatic heterocycles. The van der Waals surface area contributed by atoms with Crippen molar-refractivity contribution in [2.24, 2.45) is 0 Å². The maximum atomic E-state index is 8.93. The van der Waals surface area contributed by atoms with Crippen molar-refractivity contribution >= 4 is 11.8 Å². The van der Waals surface area contributed by atoms with E-state index in [2.05, 4.69) is 21.6 Å². The van der Waals surface area contributed by atoms with E-state index in [9.17, 15) is 0 Å². The van der Waals surface area contributed by atoms with Crippen molar-refractivity contribution < 1.29 is 4.42 Å². The van der Waals surface area contributed by atoms with E-state index in [1.54, 1.807) is 6.92 Å². The summed E-state index contributed by atoms with van der Waals surface area (Å²) in [6, 6.07) is 2.79. The van der Waals surface area contributed by atoms with Gasteiger partial charge in [-0.05, 0) is 19.3 Å². The summed E-state index contributed by atoms with van der Waals surface area (Å²) in [6.07, 6.45) is 3.21. The molecule has 1 fully saturated rings. The van der Waals surface area contributed by atoms with E-state index in [0.717, 1.165) is 12.2 Å². The predicted octanol–water partition coefficient (Wildman–Crippen LogP) is 1.50. The van der Waals surface area contributed by atoms with E-state index in [0.29, 0.717) is 17.2 Å². The highest BCUT2D eigenvalue weighted by atomic mass is 32.2. The van der Waals surface area contributed by atoms with Gasteiger partial charge in [-0.25, -0.2) is 0 Å². The number of hydrogen-bond acceptors (Lipinski definition) is 6. The van der Waals surface area contributed by atoms with Gasteiger partial charge in [-0.2, -0.15) is 5.26 Å². The summed E-state index contributed by atoms with van der Waals surface area (Å²) >= 11 is 1.50. The summed E-state index contributed by atoms with van der Waals surface area (Å²) in [6.45, 7) is 1.77. The minimum absolute atomic E-state index is 0.0518. The van der Waals surface area contributed by atoms with Gasteiger partial charge in [-0.1, -0.05) is 11.8 Å². The normalized spacial score (nSPS) is 17.0. The Bertz CT molecular complexity index is 382. The summed E-state index contributed by atoms with van der Waals surface area (Å²) in [7, 11) is 0. The number of rotatable bonds is 6. The van der Waals surface area contributed by atoms with E-state index in [1.165, 1.54) is 24.6 Å². The molecule has 0 radical (unpaired) electrons. The van der Waals surface area contributed by atoms with Gasteiger partial charge in [0.05, 0.1) is 12.1 Å². The van der Waals surface area contributed by atoms with Gasteiger partial charge in [0, 0.05) is 18.7 Å². The molecule has 1 saturated carbocycles. The van der Waals surface area contributed by atoms with Crippen LogP contribution in [0.25, 0.3) is 0 Å². The van der Waals surface area contributed by atoms with Crippen molar-refractivity contribution in [2.75, 3.05) is 5.75 Å². The molecule has 0 spiro atoms. The first-order valence-electron chi connectivity index (χ1n) is 5.36. The molecule has 1 N–H and O–H groups in total. The molecule has 1 aliphatic carbocycles. The average molecular weight is 238 g/mol. The van der Waals surface area contributed by atoms with Crippen molar-refractivity contribution in [3.63, 3.8) is 0 Å². The number of aromatic nitrogens is 2. The molecule has 1 aliphatic rings. The summed E-state index contributed by atoms with van der Waals surface area (Å²) in [4.78, 5) is 0. The number of nitrogens with zero attached hydrogens (tertiary/aromatic N) is 3. The van der Waals surface area contributed by atoms with E-state index >= 15 is 0 Å².